The van der Waals surface area contributed by atoms with E-state index in [1.54, 1.807) is 0 Å². The molecule has 0 bridgehead atoms. The van der Waals surface area contributed by atoms with Crippen LogP contribution < -0.4 is 0 Å². The molecule has 1 atom stereocenters. The Bertz CT molecular complexity index is 1240. The second-order valence-corrected chi connectivity index (χ2v) is 7.27. The van der Waals surface area contributed by atoms with E-state index in [0.29, 0.717) is 0 Å². The molecule has 2 aliphatic rings. The number of fused-ring (bicyclic) bond motifs is 3. The molecule has 4 heterocycles. The van der Waals surface area contributed by atoms with Gasteiger partial charge in [0, 0.05) is 23.2 Å². The lowest BCUT2D eigenvalue weighted by Crippen LogP contribution is -2.29. The molecular weight excluding hydrogens is 364 g/mol. The summed E-state index contributed by atoms with van der Waals surface area (Å²) in [6, 6.07) is 18.4. The lowest BCUT2D eigenvalue weighted by atomic mass is 10.1. The van der Waals surface area contributed by atoms with Crippen molar-refractivity contribution >= 4 is 6.34 Å². The number of aromatic nitrogens is 4. The van der Waals surface area contributed by atoms with E-state index in [2.05, 4.69) is 48.0 Å². The molecule has 2 aromatic carbocycles. The van der Waals surface area contributed by atoms with E-state index in [0.717, 1.165) is 52.9 Å². The molecule has 1 unspecified atom stereocenters. The van der Waals surface area contributed by atoms with Gasteiger partial charge in [0.05, 0.1) is 18.4 Å². The zero-order valence-electron chi connectivity index (χ0n) is 15.9. The first-order valence-corrected chi connectivity index (χ1v) is 9.65. The lowest BCUT2D eigenvalue weighted by Gasteiger charge is -2.26. The van der Waals surface area contributed by atoms with E-state index >= 15 is 0 Å². The van der Waals surface area contributed by atoms with Gasteiger partial charge in [-0.25, -0.2) is 0 Å². The molecule has 0 fully saturated rings. The Morgan fingerprint density at radius 3 is 2.59 bits per heavy atom. The van der Waals surface area contributed by atoms with Crippen LogP contribution in [0.2, 0.25) is 0 Å². The van der Waals surface area contributed by atoms with Crippen molar-refractivity contribution in [2.24, 2.45) is 4.99 Å². The molecule has 0 N–H and O–H groups in total. The Morgan fingerprint density at radius 2 is 1.76 bits per heavy atom. The maximum absolute atomic E-state index is 5.60. The third-order valence-corrected chi connectivity index (χ3v) is 5.59. The fraction of sp³-hybridized carbons (Fsp3) is 0.182. The average molecular weight is 382 g/mol. The average Bonchev–Trinajstić information content (AvgIpc) is 3.52. The molecule has 2 aliphatic heterocycles. The quantitative estimate of drug-likeness (QED) is 0.539. The highest BCUT2D eigenvalue weighted by Crippen LogP contribution is 2.45. The maximum Gasteiger partial charge on any atom is 0.172 e. The summed E-state index contributed by atoms with van der Waals surface area (Å²) in [5.41, 5.74) is 4.97. The second kappa shape index (κ2) is 6.13. The summed E-state index contributed by atoms with van der Waals surface area (Å²) in [4.78, 5) is 6.67. The minimum absolute atomic E-state index is 0.0321. The SMILES string of the molecule is Cc1onc(-c2ccccc2)c1-c1nnc2n1C(N1C=NCC1)c1ccccc1-2. The van der Waals surface area contributed by atoms with Crippen molar-refractivity contribution in [1.29, 1.82) is 0 Å². The van der Waals surface area contributed by atoms with Crippen molar-refractivity contribution in [3.8, 4) is 34.0 Å². The zero-order valence-corrected chi connectivity index (χ0v) is 15.9. The van der Waals surface area contributed by atoms with Crippen LogP contribution in [0.5, 0.6) is 0 Å². The first-order valence-electron chi connectivity index (χ1n) is 9.65. The van der Waals surface area contributed by atoms with Gasteiger partial charge >= 0.3 is 0 Å². The van der Waals surface area contributed by atoms with Gasteiger partial charge in [-0.15, -0.1) is 10.2 Å². The number of aliphatic imine (C=N–C) groups is 1. The Labute approximate surface area is 167 Å². The minimum Gasteiger partial charge on any atom is -0.360 e. The molecule has 0 saturated heterocycles. The van der Waals surface area contributed by atoms with Crippen LogP contribution in [0, 0.1) is 6.92 Å². The third kappa shape index (κ3) is 2.30. The summed E-state index contributed by atoms with van der Waals surface area (Å²) in [6.07, 6.45) is 1.90. The highest BCUT2D eigenvalue weighted by molar-refractivity contribution is 5.81. The van der Waals surface area contributed by atoms with Crippen LogP contribution in [0.3, 0.4) is 0 Å². The van der Waals surface area contributed by atoms with Crippen LogP contribution in [-0.2, 0) is 0 Å². The molecule has 7 heteroatoms. The molecule has 4 aromatic rings. The van der Waals surface area contributed by atoms with Crippen molar-refractivity contribution < 1.29 is 4.52 Å². The molecule has 0 radical (unpaired) electrons. The number of hydrogen-bond donors (Lipinski definition) is 0. The predicted octanol–water partition coefficient (Wildman–Crippen LogP) is 3.78. The van der Waals surface area contributed by atoms with Crippen LogP contribution >= 0.6 is 0 Å². The number of nitrogens with zero attached hydrogens (tertiary/aromatic N) is 6. The zero-order chi connectivity index (χ0) is 19.4. The number of rotatable bonds is 3. The standard InChI is InChI=1S/C22H18N6O/c1-14-18(19(26-29-14)15-7-3-2-4-8-15)21-25-24-20-16-9-5-6-10-17(16)22(28(20)21)27-12-11-23-13-27/h2-10,13,22H,11-12H2,1H3. The molecule has 0 spiro atoms. The Hall–Kier alpha value is -3.74. The van der Waals surface area contributed by atoms with Crippen molar-refractivity contribution in [2.45, 2.75) is 13.1 Å². The monoisotopic (exact) mass is 382 g/mol. The topological polar surface area (TPSA) is 72.3 Å². The molecule has 6 rings (SSSR count). The summed E-state index contributed by atoms with van der Waals surface area (Å²) in [7, 11) is 0. The third-order valence-electron chi connectivity index (χ3n) is 5.59. The summed E-state index contributed by atoms with van der Waals surface area (Å²) >= 11 is 0. The van der Waals surface area contributed by atoms with Gasteiger partial charge in [0.2, 0.25) is 0 Å². The van der Waals surface area contributed by atoms with Crippen molar-refractivity contribution in [3.05, 3.63) is 65.9 Å². The summed E-state index contributed by atoms with van der Waals surface area (Å²) < 4.78 is 7.79. The van der Waals surface area contributed by atoms with Gasteiger partial charge < -0.3 is 9.42 Å². The van der Waals surface area contributed by atoms with E-state index in [1.165, 1.54) is 5.56 Å². The summed E-state index contributed by atoms with van der Waals surface area (Å²) in [5.74, 6) is 2.35. The number of hydrogen-bond acceptors (Lipinski definition) is 6. The van der Waals surface area contributed by atoms with Crippen molar-refractivity contribution in [1.82, 2.24) is 24.8 Å². The van der Waals surface area contributed by atoms with Crippen LogP contribution in [0.25, 0.3) is 34.0 Å². The van der Waals surface area contributed by atoms with Gasteiger partial charge in [-0.3, -0.25) is 9.56 Å². The largest absolute Gasteiger partial charge is 0.360 e. The summed E-state index contributed by atoms with van der Waals surface area (Å²) in [5, 5.41) is 13.5. The first-order chi connectivity index (χ1) is 14.3. The number of benzene rings is 2. The molecule has 2 aromatic heterocycles. The van der Waals surface area contributed by atoms with Crippen LogP contribution in [0.1, 0.15) is 17.5 Å². The van der Waals surface area contributed by atoms with Gasteiger partial charge in [0.15, 0.2) is 11.6 Å². The normalized spacial score (nSPS) is 17.0. The van der Waals surface area contributed by atoms with Crippen molar-refractivity contribution in [3.63, 3.8) is 0 Å². The lowest BCUT2D eigenvalue weighted by molar-refractivity contribution is 0.320. The smallest absolute Gasteiger partial charge is 0.172 e. The highest BCUT2D eigenvalue weighted by Gasteiger charge is 2.38. The van der Waals surface area contributed by atoms with E-state index < -0.39 is 0 Å². The molecule has 29 heavy (non-hydrogen) atoms. The van der Waals surface area contributed by atoms with Gasteiger partial charge in [-0.2, -0.15) is 0 Å². The first kappa shape index (κ1) is 16.2. The minimum atomic E-state index is -0.0321. The molecule has 0 saturated carbocycles. The van der Waals surface area contributed by atoms with Gasteiger partial charge in [-0.1, -0.05) is 59.8 Å². The molecule has 7 nitrogen and oxygen atoms in total. The van der Waals surface area contributed by atoms with Crippen LogP contribution in [0.4, 0.5) is 0 Å². The molecule has 142 valence electrons. The molecule has 0 amide bonds. The highest BCUT2D eigenvalue weighted by atomic mass is 16.5. The van der Waals surface area contributed by atoms with Gasteiger partial charge in [-0.05, 0) is 6.92 Å². The fourth-order valence-corrected chi connectivity index (χ4v) is 4.28. The Kier molecular flexibility index (Phi) is 3.43. The number of aryl methyl sites for hydroxylation is 1. The molecule has 0 aliphatic carbocycles. The second-order valence-electron chi connectivity index (χ2n) is 7.27. The van der Waals surface area contributed by atoms with Crippen LogP contribution in [-0.4, -0.2) is 44.2 Å². The van der Waals surface area contributed by atoms with E-state index in [9.17, 15) is 0 Å². The fourth-order valence-electron chi connectivity index (χ4n) is 4.28. The van der Waals surface area contributed by atoms with E-state index in [4.69, 9.17) is 4.52 Å². The Morgan fingerprint density at radius 1 is 0.966 bits per heavy atom. The van der Waals surface area contributed by atoms with Crippen LogP contribution in [0.15, 0.2) is 64.1 Å². The Balaban J connectivity index is 1.59. The van der Waals surface area contributed by atoms with E-state index in [-0.39, 0.29) is 6.17 Å². The van der Waals surface area contributed by atoms with Crippen molar-refractivity contribution in [2.75, 3.05) is 13.1 Å². The van der Waals surface area contributed by atoms with E-state index in [1.807, 2.05) is 49.7 Å². The van der Waals surface area contributed by atoms with Gasteiger partial charge in [0.25, 0.3) is 0 Å². The maximum atomic E-state index is 5.60. The molecular formula is C22H18N6O. The summed E-state index contributed by atoms with van der Waals surface area (Å²) in [6.45, 7) is 3.59. The van der Waals surface area contributed by atoms with Gasteiger partial charge in [0.1, 0.15) is 17.6 Å². The predicted molar refractivity (Wildman–Crippen MR) is 109 cm³/mol.